The molecule has 146 valence electrons. The van der Waals surface area contributed by atoms with Crippen LogP contribution in [0.1, 0.15) is 62.3 Å². The highest BCUT2D eigenvalue weighted by Gasteiger charge is 2.34. The van der Waals surface area contributed by atoms with E-state index in [1.54, 1.807) is 0 Å². The minimum atomic E-state index is 0.500. The maximum atomic E-state index is 6.08. The first-order valence-corrected chi connectivity index (χ1v) is 10.4. The fraction of sp³-hybridized carbons (Fsp3) is 0.400. The Bertz CT molecular complexity index is 899. The highest BCUT2D eigenvalue weighted by atomic mass is 16.5. The molecular weight excluding hydrogens is 344 g/mol. The lowest BCUT2D eigenvalue weighted by Crippen LogP contribution is -2.21. The quantitative estimate of drug-likeness (QED) is 0.502. The summed E-state index contributed by atoms with van der Waals surface area (Å²) >= 11 is 0. The minimum absolute atomic E-state index is 0.500. The highest BCUT2D eigenvalue weighted by Crippen LogP contribution is 2.46. The van der Waals surface area contributed by atoms with Crippen LogP contribution in [0.2, 0.25) is 0 Å². The van der Waals surface area contributed by atoms with Gasteiger partial charge in [0.05, 0.1) is 12.3 Å². The molecule has 0 N–H and O–H groups in total. The molecule has 0 aliphatic heterocycles. The van der Waals surface area contributed by atoms with Gasteiger partial charge in [-0.05, 0) is 30.2 Å². The van der Waals surface area contributed by atoms with Gasteiger partial charge in [-0.1, -0.05) is 81.4 Å². The van der Waals surface area contributed by atoms with Gasteiger partial charge in [0.2, 0.25) is 0 Å². The monoisotopic (exact) mass is 374 g/mol. The van der Waals surface area contributed by atoms with Gasteiger partial charge in [-0.3, -0.25) is 0 Å². The van der Waals surface area contributed by atoms with Crippen LogP contribution in [0.3, 0.4) is 0 Å². The van der Waals surface area contributed by atoms with Crippen LogP contribution in [-0.2, 0) is 18.1 Å². The lowest BCUT2D eigenvalue weighted by Gasteiger charge is -2.31. The Morgan fingerprint density at radius 3 is 2.36 bits per heavy atom. The minimum Gasteiger partial charge on any atom is -0.355 e. The fourth-order valence-electron chi connectivity index (χ4n) is 4.46. The van der Waals surface area contributed by atoms with Crippen molar-refractivity contribution in [3.63, 3.8) is 0 Å². The van der Waals surface area contributed by atoms with Gasteiger partial charge in [0.15, 0.2) is 0 Å². The van der Waals surface area contributed by atoms with Crippen molar-refractivity contribution in [3.05, 3.63) is 77.5 Å². The van der Waals surface area contributed by atoms with Crippen molar-refractivity contribution >= 4 is 0 Å². The van der Waals surface area contributed by atoms with Crippen LogP contribution in [0.15, 0.2) is 60.7 Å². The molecule has 2 aromatic carbocycles. The highest BCUT2D eigenvalue weighted by molar-refractivity contribution is 5.65. The summed E-state index contributed by atoms with van der Waals surface area (Å²) in [6.45, 7) is 8.11. The Hall–Kier alpha value is -2.39. The van der Waals surface area contributed by atoms with Crippen LogP contribution in [-0.4, -0.2) is 9.78 Å². The van der Waals surface area contributed by atoms with Crippen molar-refractivity contribution in [3.8, 4) is 11.3 Å². The molecule has 0 bridgehead atoms. The maximum absolute atomic E-state index is 6.08. The summed E-state index contributed by atoms with van der Waals surface area (Å²) in [5.74, 6) is 1.67. The summed E-state index contributed by atoms with van der Waals surface area (Å²) in [4.78, 5) is 0. The first-order valence-electron chi connectivity index (χ1n) is 10.4. The van der Waals surface area contributed by atoms with Crippen molar-refractivity contribution in [1.29, 1.82) is 0 Å². The number of hydrogen-bond donors (Lipinski definition) is 0. The summed E-state index contributed by atoms with van der Waals surface area (Å²) in [6, 6.07) is 21.0. The zero-order valence-electron chi connectivity index (χ0n) is 17.1. The van der Waals surface area contributed by atoms with Crippen LogP contribution >= 0.6 is 0 Å². The topological polar surface area (TPSA) is 27.1 Å². The molecular formula is C25H30N2O. The van der Waals surface area contributed by atoms with Gasteiger partial charge in [-0.2, -0.15) is 5.10 Å². The van der Waals surface area contributed by atoms with Crippen molar-refractivity contribution in [2.75, 3.05) is 0 Å². The molecule has 3 nitrogen and oxygen atoms in total. The molecule has 2 atom stereocenters. The molecule has 1 aromatic heterocycles. The van der Waals surface area contributed by atoms with Gasteiger partial charge in [-0.15, -0.1) is 0 Å². The summed E-state index contributed by atoms with van der Waals surface area (Å²) in [6.07, 6.45) is 2.46. The number of hydrogen-bond acceptors (Lipinski definition) is 2. The second kappa shape index (κ2) is 8.32. The Labute approximate surface area is 168 Å². The van der Waals surface area contributed by atoms with Crippen LogP contribution in [0.4, 0.5) is 0 Å². The number of aromatic nitrogens is 2. The summed E-state index contributed by atoms with van der Waals surface area (Å²) in [5, 5.41) is 5.07. The molecule has 1 heterocycles. The molecule has 0 fully saturated rings. The first-order chi connectivity index (χ1) is 13.6. The van der Waals surface area contributed by atoms with Gasteiger partial charge in [0.1, 0.15) is 6.73 Å². The van der Waals surface area contributed by atoms with E-state index in [-0.39, 0.29) is 0 Å². The van der Waals surface area contributed by atoms with E-state index in [1.807, 2.05) is 6.07 Å². The molecule has 1 aliphatic rings. The van der Waals surface area contributed by atoms with Crippen molar-refractivity contribution in [2.24, 2.45) is 5.92 Å². The third kappa shape index (κ3) is 3.77. The van der Waals surface area contributed by atoms with E-state index in [9.17, 15) is 0 Å². The average molecular weight is 375 g/mol. The first kappa shape index (κ1) is 18.9. The van der Waals surface area contributed by atoms with Gasteiger partial charge < -0.3 is 4.74 Å². The van der Waals surface area contributed by atoms with E-state index >= 15 is 0 Å². The molecule has 0 spiro atoms. The Morgan fingerprint density at radius 2 is 1.68 bits per heavy atom. The summed E-state index contributed by atoms with van der Waals surface area (Å²) < 4.78 is 8.22. The molecule has 0 radical (unpaired) electrons. The van der Waals surface area contributed by atoms with Crippen molar-refractivity contribution in [1.82, 2.24) is 9.78 Å². The lowest BCUT2D eigenvalue weighted by atomic mass is 9.75. The van der Waals surface area contributed by atoms with E-state index in [4.69, 9.17) is 9.84 Å². The molecule has 4 rings (SSSR count). The maximum Gasteiger partial charge on any atom is 0.140 e. The van der Waals surface area contributed by atoms with E-state index in [1.165, 1.54) is 35.2 Å². The Balaban J connectivity index is 1.69. The second-order valence-electron chi connectivity index (χ2n) is 8.31. The molecule has 0 unspecified atom stereocenters. The van der Waals surface area contributed by atoms with E-state index in [0.29, 0.717) is 31.1 Å². The van der Waals surface area contributed by atoms with E-state index in [2.05, 4.69) is 80.1 Å². The van der Waals surface area contributed by atoms with E-state index in [0.717, 1.165) is 5.69 Å². The third-order valence-corrected chi connectivity index (χ3v) is 5.96. The SMILES string of the molecule is CC(C)[C@@H]1CC[C@@H](C)c2c(-c3ccccc3)nn(COCc3ccccc3)c21. The molecule has 28 heavy (non-hydrogen) atoms. The Morgan fingerprint density at radius 1 is 1.00 bits per heavy atom. The van der Waals surface area contributed by atoms with Gasteiger partial charge in [-0.25, -0.2) is 4.68 Å². The van der Waals surface area contributed by atoms with Crippen molar-refractivity contribution < 1.29 is 4.74 Å². The predicted molar refractivity (Wildman–Crippen MR) is 114 cm³/mol. The number of fused-ring (bicyclic) bond motifs is 1. The van der Waals surface area contributed by atoms with Crippen LogP contribution in [0.5, 0.6) is 0 Å². The number of nitrogens with zero attached hydrogens (tertiary/aromatic N) is 2. The number of rotatable bonds is 6. The number of ether oxygens (including phenoxy) is 1. The second-order valence-corrected chi connectivity index (χ2v) is 8.31. The van der Waals surface area contributed by atoms with Gasteiger partial charge in [0, 0.05) is 22.7 Å². The molecule has 0 saturated carbocycles. The van der Waals surface area contributed by atoms with Crippen LogP contribution in [0.25, 0.3) is 11.3 Å². The predicted octanol–water partition coefficient (Wildman–Crippen LogP) is 6.36. The van der Waals surface area contributed by atoms with E-state index < -0.39 is 0 Å². The zero-order valence-corrected chi connectivity index (χ0v) is 17.1. The summed E-state index contributed by atoms with van der Waals surface area (Å²) in [7, 11) is 0. The fourth-order valence-corrected chi connectivity index (χ4v) is 4.46. The normalized spacial score (nSPS) is 19.0. The molecule has 3 aromatic rings. The Kier molecular flexibility index (Phi) is 5.63. The lowest BCUT2D eigenvalue weighted by molar-refractivity contribution is 0.0525. The molecule has 1 aliphatic carbocycles. The average Bonchev–Trinajstić information content (AvgIpc) is 3.10. The molecule has 0 amide bonds. The van der Waals surface area contributed by atoms with Gasteiger partial charge in [0.25, 0.3) is 0 Å². The largest absolute Gasteiger partial charge is 0.355 e. The summed E-state index contributed by atoms with van der Waals surface area (Å²) in [5.41, 5.74) is 6.36. The number of benzene rings is 2. The standard InChI is InChI=1S/C25H30N2O/c1-18(2)22-15-14-19(3)23-24(21-12-8-5-9-13-21)26-27(25(22)23)17-28-16-20-10-6-4-7-11-20/h4-13,18-19,22H,14-17H2,1-3H3/t19-,22+/m1/s1. The van der Waals surface area contributed by atoms with Crippen LogP contribution < -0.4 is 0 Å². The third-order valence-electron chi connectivity index (χ3n) is 5.96. The zero-order chi connectivity index (χ0) is 19.5. The molecule has 0 saturated heterocycles. The molecule has 3 heteroatoms. The van der Waals surface area contributed by atoms with Crippen LogP contribution in [0, 0.1) is 5.92 Å². The van der Waals surface area contributed by atoms with Crippen molar-refractivity contribution in [2.45, 2.75) is 58.8 Å². The smallest absolute Gasteiger partial charge is 0.140 e. The van der Waals surface area contributed by atoms with Gasteiger partial charge >= 0.3 is 0 Å².